The minimum atomic E-state index is -0.265. The molecule has 3 heterocycles. The van der Waals surface area contributed by atoms with Crippen LogP contribution in [0.4, 0.5) is 5.82 Å². The van der Waals surface area contributed by atoms with Crippen molar-refractivity contribution >= 4 is 46.1 Å². The number of likely N-dealkylation sites (N-methyl/N-ethyl adjacent to an activating group) is 1. The summed E-state index contributed by atoms with van der Waals surface area (Å²) >= 11 is 6.75. The Morgan fingerprint density at radius 1 is 1.18 bits per heavy atom. The van der Waals surface area contributed by atoms with Crippen LogP contribution in [0.25, 0.3) is 6.08 Å². The second-order valence-electron chi connectivity index (χ2n) is 8.41. The maximum atomic E-state index is 13.3. The molecule has 0 spiro atoms. The van der Waals surface area contributed by atoms with Crippen LogP contribution in [-0.4, -0.2) is 77.6 Å². The molecule has 0 aliphatic carbocycles. The largest absolute Gasteiger partial charge is 0.385 e. The summed E-state index contributed by atoms with van der Waals surface area (Å²) in [6.45, 7) is 11.9. The van der Waals surface area contributed by atoms with Gasteiger partial charge in [0.2, 0.25) is 0 Å². The van der Waals surface area contributed by atoms with Crippen molar-refractivity contribution in [2.75, 3.05) is 57.9 Å². The number of hydrogen-bond donors (Lipinski definition) is 0. The number of thiocarbonyl (C=S) groups is 1. The van der Waals surface area contributed by atoms with E-state index < -0.39 is 0 Å². The molecule has 1 aromatic rings. The highest BCUT2D eigenvalue weighted by molar-refractivity contribution is 8.26. The maximum absolute atomic E-state index is 13.3. The van der Waals surface area contributed by atoms with E-state index in [2.05, 4.69) is 22.8 Å². The summed E-state index contributed by atoms with van der Waals surface area (Å²) in [5.74, 6) is 0.655. The van der Waals surface area contributed by atoms with Gasteiger partial charge in [-0.05, 0) is 37.9 Å². The van der Waals surface area contributed by atoms with E-state index in [1.54, 1.807) is 23.5 Å². The fourth-order valence-corrected chi connectivity index (χ4v) is 5.67. The van der Waals surface area contributed by atoms with Crippen LogP contribution in [0.1, 0.15) is 43.4 Å². The van der Waals surface area contributed by atoms with Gasteiger partial charge in [-0.3, -0.25) is 19.1 Å². The van der Waals surface area contributed by atoms with Gasteiger partial charge < -0.3 is 14.5 Å². The Kier molecular flexibility index (Phi) is 9.31. The highest BCUT2D eigenvalue weighted by atomic mass is 32.2. The number of piperazine rings is 1. The molecule has 0 N–H and O–H groups in total. The van der Waals surface area contributed by atoms with Crippen molar-refractivity contribution < 1.29 is 9.53 Å². The molecule has 2 aliphatic heterocycles. The number of carbonyl (C=O) groups is 1. The van der Waals surface area contributed by atoms with E-state index in [4.69, 9.17) is 17.0 Å². The van der Waals surface area contributed by atoms with Gasteiger partial charge in [0, 0.05) is 58.5 Å². The fourth-order valence-electron chi connectivity index (χ4n) is 4.38. The Bertz CT molecular complexity index is 1070. The third kappa shape index (κ3) is 5.38. The van der Waals surface area contributed by atoms with Gasteiger partial charge in [-0.15, -0.1) is 0 Å². The Morgan fingerprint density at radius 2 is 1.88 bits per heavy atom. The van der Waals surface area contributed by atoms with Crippen LogP contribution < -0.4 is 10.5 Å². The molecule has 34 heavy (non-hydrogen) atoms. The normalized spacial score (nSPS) is 18.3. The van der Waals surface area contributed by atoms with Crippen LogP contribution in [0.3, 0.4) is 0 Å². The monoisotopic (exact) mass is 503 g/mol. The summed E-state index contributed by atoms with van der Waals surface area (Å²) in [4.78, 5) is 33.2. The molecule has 1 amide bonds. The third-order valence-electron chi connectivity index (χ3n) is 6.29. The molecule has 0 radical (unpaired) electrons. The quantitative estimate of drug-likeness (QED) is 0.289. The Balaban J connectivity index is 2.11. The van der Waals surface area contributed by atoms with E-state index in [1.807, 2.05) is 13.0 Å². The second kappa shape index (κ2) is 12.0. The summed E-state index contributed by atoms with van der Waals surface area (Å²) < 4.78 is 7.35. The van der Waals surface area contributed by atoms with Crippen molar-refractivity contribution in [1.82, 2.24) is 14.4 Å². The second-order valence-corrected chi connectivity index (χ2v) is 10.1. The van der Waals surface area contributed by atoms with Gasteiger partial charge >= 0.3 is 0 Å². The van der Waals surface area contributed by atoms with E-state index in [0.717, 1.165) is 50.5 Å². The standard InChI is InChI=1S/C24H33N5O3S2/c1-5-8-28-21(27-12-10-26(6-2)11-13-27)18(17(3)19(16-25)22(28)30)15-20-23(31)29(24(33)34-20)9-7-14-32-4/h15H,5-14H2,1-4H3/b20-15+. The molecule has 8 nitrogen and oxygen atoms in total. The molecule has 2 fully saturated rings. The molecule has 0 aromatic carbocycles. The number of rotatable bonds is 9. The average Bonchev–Trinajstić information content (AvgIpc) is 3.10. The maximum Gasteiger partial charge on any atom is 0.270 e. The average molecular weight is 504 g/mol. The first-order valence-corrected chi connectivity index (χ1v) is 13.0. The summed E-state index contributed by atoms with van der Waals surface area (Å²) in [5.41, 5.74) is 1.23. The summed E-state index contributed by atoms with van der Waals surface area (Å²) in [6, 6.07) is 2.11. The van der Waals surface area contributed by atoms with E-state index >= 15 is 0 Å². The number of methoxy groups -OCH3 is 1. The first-order valence-electron chi connectivity index (χ1n) is 11.8. The lowest BCUT2D eigenvalue weighted by molar-refractivity contribution is -0.122. The van der Waals surface area contributed by atoms with Crippen molar-refractivity contribution in [1.29, 1.82) is 5.26 Å². The van der Waals surface area contributed by atoms with Gasteiger partial charge in [-0.2, -0.15) is 5.26 Å². The van der Waals surface area contributed by atoms with Crippen LogP contribution in [-0.2, 0) is 16.1 Å². The highest BCUT2D eigenvalue weighted by Gasteiger charge is 2.33. The lowest BCUT2D eigenvalue weighted by Gasteiger charge is -2.37. The van der Waals surface area contributed by atoms with Gasteiger partial charge in [0.25, 0.3) is 11.5 Å². The van der Waals surface area contributed by atoms with Crippen molar-refractivity contribution in [3.8, 4) is 6.07 Å². The molecule has 2 aliphatic rings. The van der Waals surface area contributed by atoms with Crippen molar-refractivity contribution in [3.05, 3.63) is 31.9 Å². The third-order valence-corrected chi connectivity index (χ3v) is 7.67. The van der Waals surface area contributed by atoms with Gasteiger partial charge in [0.05, 0.1) is 4.91 Å². The molecule has 184 valence electrons. The summed E-state index contributed by atoms with van der Waals surface area (Å²) in [5, 5.41) is 9.78. The molecule has 0 atom stereocenters. The Labute approximate surface area is 211 Å². The molecular weight excluding hydrogens is 470 g/mol. The number of amides is 1. The molecule has 0 bridgehead atoms. The van der Waals surface area contributed by atoms with Crippen LogP contribution in [0.15, 0.2) is 9.70 Å². The molecule has 0 saturated carbocycles. The van der Waals surface area contributed by atoms with Gasteiger partial charge in [-0.25, -0.2) is 0 Å². The van der Waals surface area contributed by atoms with Gasteiger partial charge in [0.1, 0.15) is 21.8 Å². The minimum Gasteiger partial charge on any atom is -0.385 e. The zero-order valence-electron chi connectivity index (χ0n) is 20.4. The molecule has 10 heteroatoms. The predicted molar refractivity (Wildman–Crippen MR) is 141 cm³/mol. The number of anilines is 1. The number of thioether (sulfide) groups is 1. The summed E-state index contributed by atoms with van der Waals surface area (Å²) in [7, 11) is 1.63. The Morgan fingerprint density at radius 3 is 2.47 bits per heavy atom. The first kappa shape index (κ1) is 26.4. The van der Waals surface area contributed by atoms with E-state index in [9.17, 15) is 14.9 Å². The number of aromatic nitrogens is 1. The van der Waals surface area contributed by atoms with E-state index in [0.29, 0.717) is 40.9 Å². The number of carbonyl (C=O) groups excluding carboxylic acids is 1. The SMILES string of the molecule is CCCn1c(N2CCN(CC)CC2)c(/C=C2/SC(=S)N(CCCOC)C2=O)c(C)c(C#N)c1=O. The Hall–Kier alpha value is -2.19. The molecular formula is C24H33N5O3S2. The minimum absolute atomic E-state index is 0.131. The van der Waals surface area contributed by atoms with Crippen LogP contribution in [0.5, 0.6) is 0 Å². The summed E-state index contributed by atoms with van der Waals surface area (Å²) in [6.07, 6.45) is 3.29. The van der Waals surface area contributed by atoms with E-state index in [1.165, 1.54) is 11.8 Å². The first-order chi connectivity index (χ1) is 16.4. The zero-order chi connectivity index (χ0) is 24.8. The molecule has 0 unspecified atom stereocenters. The van der Waals surface area contributed by atoms with E-state index in [-0.39, 0.29) is 17.0 Å². The van der Waals surface area contributed by atoms with Gasteiger partial charge in [0.15, 0.2) is 0 Å². The predicted octanol–water partition coefficient (Wildman–Crippen LogP) is 2.82. The molecule has 3 rings (SSSR count). The van der Waals surface area contributed by atoms with Crippen molar-refractivity contribution in [2.45, 2.75) is 40.2 Å². The van der Waals surface area contributed by atoms with Crippen LogP contribution in [0.2, 0.25) is 0 Å². The van der Waals surface area contributed by atoms with Gasteiger partial charge in [-0.1, -0.05) is 37.8 Å². The lowest BCUT2D eigenvalue weighted by atomic mass is 10.0. The highest BCUT2D eigenvalue weighted by Crippen LogP contribution is 2.36. The number of nitriles is 1. The smallest absolute Gasteiger partial charge is 0.270 e. The number of ether oxygens (including phenoxy) is 1. The molecule has 2 saturated heterocycles. The number of nitrogens with zero attached hydrogens (tertiary/aromatic N) is 5. The number of hydrogen-bond acceptors (Lipinski definition) is 8. The lowest BCUT2D eigenvalue weighted by Crippen LogP contribution is -2.48. The topological polar surface area (TPSA) is 81.8 Å². The molecule has 1 aromatic heterocycles. The number of pyridine rings is 1. The zero-order valence-corrected chi connectivity index (χ0v) is 22.1. The van der Waals surface area contributed by atoms with Crippen LogP contribution in [0, 0.1) is 18.3 Å². The fraction of sp³-hybridized carbons (Fsp3) is 0.583. The van der Waals surface area contributed by atoms with Crippen molar-refractivity contribution in [3.63, 3.8) is 0 Å². The van der Waals surface area contributed by atoms with Crippen molar-refractivity contribution in [2.24, 2.45) is 0 Å². The van der Waals surface area contributed by atoms with Crippen LogP contribution >= 0.6 is 24.0 Å².